The minimum absolute atomic E-state index is 0.317. The van der Waals surface area contributed by atoms with Crippen LogP contribution in [0.1, 0.15) is 104 Å². The Morgan fingerprint density at radius 2 is 1.17 bits per heavy atom. The van der Waals surface area contributed by atoms with Crippen molar-refractivity contribution in [2.45, 2.75) is 104 Å². The van der Waals surface area contributed by atoms with Crippen molar-refractivity contribution in [2.75, 3.05) is 19.7 Å². The molecule has 0 saturated heterocycles. The summed E-state index contributed by atoms with van der Waals surface area (Å²) < 4.78 is 0. The molecule has 3 heteroatoms. The lowest BCUT2D eigenvalue weighted by atomic mass is 10.1. The molecule has 0 heterocycles. The number of amides is 1. The van der Waals surface area contributed by atoms with Gasteiger partial charge in [-0.15, -0.1) is 0 Å². The number of carbonyl (C=O) groups is 1. The molecule has 0 fully saturated rings. The number of hydrogen-bond acceptors (Lipinski definition) is 2. The average molecular weight is 328 g/mol. The lowest BCUT2D eigenvalue weighted by Gasteiger charge is -2.23. The van der Waals surface area contributed by atoms with E-state index in [9.17, 15) is 4.79 Å². The molecule has 0 rings (SSSR count). The smallest absolute Gasteiger partial charge is 0.222 e. The molecule has 138 valence electrons. The number of carbonyl (C=O) groups excluding carboxylic acids is 1. The molecule has 0 radical (unpaired) electrons. The van der Waals surface area contributed by atoms with E-state index >= 15 is 0 Å². The van der Waals surface area contributed by atoms with Gasteiger partial charge < -0.3 is 10.0 Å². The van der Waals surface area contributed by atoms with Crippen molar-refractivity contribution in [1.82, 2.24) is 4.90 Å². The summed E-state index contributed by atoms with van der Waals surface area (Å²) in [6, 6.07) is 0. The predicted octanol–water partition coefficient (Wildman–Crippen LogP) is 5.31. The van der Waals surface area contributed by atoms with Crippen molar-refractivity contribution in [3.63, 3.8) is 0 Å². The van der Waals surface area contributed by atoms with E-state index in [0.717, 1.165) is 51.6 Å². The monoisotopic (exact) mass is 327 g/mol. The zero-order valence-electron chi connectivity index (χ0n) is 15.8. The van der Waals surface area contributed by atoms with Gasteiger partial charge in [-0.05, 0) is 25.7 Å². The molecule has 0 saturated carbocycles. The van der Waals surface area contributed by atoms with Gasteiger partial charge in [-0.25, -0.2) is 0 Å². The highest BCUT2D eigenvalue weighted by Gasteiger charge is 2.12. The Hall–Kier alpha value is -0.570. The van der Waals surface area contributed by atoms with Gasteiger partial charge in [0.05, 0.1) is 0 Å². The highest BCUT2D eigenvalue weighted by Crippen LogP contribution is 2.10. The first kappa shape index (κ1) is 22.4. The summed E-state index contributed by atoms with van der Waals surface area (Å²) in [5.74, 6) is 0.371. The van der Waals surface area contributed by atoms with E-state index in [1.165, 1.54) is 51.4 Å². The number of nitrogens with zero attached hydrogens (tertiary/aromatic N) is 1. The third-order valence-electron chi connectivity index (χ3n) is 4.46. The maximum Gasteiger partial charge on any atom is 0.222 e. The van der Waals surface area contributed by atoms with E-state index in [-0.39, 0.29) is 0 Å². The van der Waals surface area contributed by atoms with Crippen molar-refractivity contribution < 1.29 is 9.90 Å². The molecule has 0 unspecified atom stereocenters. The number of unbranched alkanes of at least 4 members (excludes halogenated alkanes) is 10. The summed E-state index contributed by atoms with van der Waals surface area (Å²) in [7, 11) is 0. The third kappa shape index (κ3) is 14.7. The van der Waals surface area contributed by atoms with Crippen LogP contribution in [0.15, 0.2) is 0 Å². The first-order valence-corrected chi connectivity index (χ1v) is 10.1. The maximum atomic E-state index is 12.4. The molecule has 0 spiro atoms. The van der Waals surface area contributed by atoms with Crippen LogP contribution in [0.25, 0.3) is 0 Å². The second kappa shape index (κ2) is 17.8. The molecule has 23 heavy (non-hydrogen) atoms. The summed E-state index contributed by atoms with van der Waals surface area (Å²) in [6.45, 7) is 6.62. The minimum Gasteiger partial charge on any atom is -0.396 e. The lowest BCUT2D eigenvalue weighted by molar-refractivity contribution is -0.131. The van der Waals surface area contributed by atoms with Gasteiger partial charge in [0.1, 0.15) is 0 Å². The number of aliphatic hydroxyl groups is 1. The van der Waals surface area contributed by atoms with E-state index in [1.807, 2.05) is 0 Å². The van der Waals surface area contributed by atoms with Crippen LogP contribution in [0, 0.1) is 0 Å². The SMILES string of the molecule is CCCCCCN(CCCCCCCCO)C(=O)CCCCC. The Labute approximate surface area is 144 Å². The van der Waals surface area contributed by atoms with Gasteiger partial charge in [0.2, 0.25) is 5.91 Å². The van der Waals surface area contributed by atoms with Crippen molar-refractivity contribution in [1.29, 1.82) is 0 Å². The van der Waals surface area contributed by atoms with Gasteiger partial charge in [0.15, 0.2) is 0 Å². The van der Waals surface area contributed by atoms with E-state index in [2.05, 4.69) is 18.7 Å². The average Bonchev–Trinajstić information content (AvgIpc) is 2.56. The Kier molecular flexibility index (Phi) is 17.3. The molecule has 3 nitrogen and oxygen atoms in total. The van der Waals surface area contributed by atoms with Crippen LogP contribution in [-0.4, -0.2) is 35.6 Å². The Morgan fingerprint density at radius 3 is 1.74 bits per heavy atom. The molecule has 1 N–H and O–H groups in total. The van der Waals surface area contributed by atoms with Gasteiger partial charge in [-0.2, -0.15) is 0 Å². The van der Waals surface area contributed by atoms with Crippen LogP contribution < -0.4 is 0 Å². The van der Waals surface area contributed by atoms with Gasteiger partial charge in [-0.1, -0.05) is 71.6 Å². The van der Waals surface area contributed by atoms with Crippen LogP contribution in [0.5, 0.6) is 0 Å². The zero-order valence-corrected chi connectivity index (χ0v) is 15.8. The zero-order chi connectivity index (χ0) is 17.2. The van der Waals surface area contributed by atoms with E-state index < -0.39 is 0 Å². The second-order valence-electron chi connectivity index (χ2n) is 6.74. The fraction of sp³-hybridized carbons (Fsp3) is 0.950. The van der Waals surface area contributed by atoms with Crippen LogP contribution in [0.2, 0.25) is 0 Å². The molecule has 0 atom stereocenters. The molecular weight excluding hydrogens is 286 g/mol. The molecule has 0 aromatic carbocycles. The fourth-order valence-electron chi connectivity index (χ4n) is 2.90. The van der Waals surface area contributed by atoms with Gasteiger partial charge in [0.25, 0.3) is 0 Å². The highest BCUT2D eigenvalue weighted by molar-refractivity contribution is 5.76. The molecule has 0 aromatic heterocycles. The normalized spacial score (nSPS) is 10.9. The van der Waals surface area contributed by atoms with Crippen LogP contribution >= 0.6 is 0 Å². The molecule has 0 bridgehead atoms. The van der Waals surface area contributed by atoms with Crippen LogP contribution in [0.3, 0.4) is 0 Å². The maximum absolute atomic E-state index is 12.4. The van der Waals surface area contributed by atoms with Gasteiger partial charge >= 0.3 is 0 Å². The van der Waals surface area contributed by atoms with E-state index in [1.54, 1.807) is 0 Å². The molecule has 1 amide bonds. The van der Waals surface area contributed by atoms with Gasteiger partial charge in [-0.3, -0.25) is 4.79 Å². The first-order chi connectivity index (χ1) is 11.3. The standard InChI is InChI=1S/C20H41NO2/c1-3-5-7-13-17-21(20(23)16-12-6-4-2)18-14-10-8-9-11-15-19-22/h22H,3-19H2,1-2H3. The molecule has 0 aliphatic carbocycles. The summed E-state index contributed by atoms with van der Waals surface area (Å²) in [5.41, 5.74) is 0. The van der Waals surface area contributed by atoms with Crippen molar-refractivity contribution >= 4 is 5.91 Å². The molecule has 0 aliphatic heterocycles. The largest absolute Gasteiger partial charge is 0.396 e. The quantitative estimate of drug-likeness (QED) is 0.368. The number of aliphatic hydroxyl groups excluding tert-OH is 1. The van der Waals surface area contributed by atoms with E-state index in [0.29, 0.717) is 12.5 Å². The highest BCUT2D eigenvalue weighted by atomic mass is 16.2. The molecule has 0 aliphatic rings. The van der Waals surface area contributed by atoms with Crippen molar-refractivity contribution in [3.8, 4) is 0 Å². The summed E-state index contributed by atoms with van der Waals surface area (Å²) >= 11 is 0. The van der Waals surface area contributed by atoms with Crippen molar-refractivity contribution in [3.05, 3.63) is 0 Å². The topological polar surface area (TPSA) is 40.5 Å². The second-order valence-corrected chi connectivity index (χ2v) is 6.74. The summed E-state index contributed by atoms with van der Waals surface area (Å²) in [6.07, 6.45) is 15.9. The number of rotatable bonds is 17. The first-order valence-electron chi connectivity index (χ1n) is 10.1. The molecule has 0 aromatic rings. The van der Waals surface area contributed by atoms with E-state index in [4.69, 9.17) is 5.11 Å². The Balaban J connectivity index is 3.92. The van der Waals surface area contributed by atoms with Gasteiger partial charge in [0, 0.05) is 26.1 Å². The van der Waals surface area contributed by atoms with Crippen molar-refractivity contribution in [2.24, 2.45) is 0 Å². The molecular formula is C20H41NO2. The fourth-order valence-corrected chi connectivity index (χ4v) is 2.90. The minimum atomic E-state index is 0.317. The van der Waals surface area contributed by atoms with Crippen LogP contribution in [0.4, 0.5) is 0 Å². The van der Waals surface area contributed by atoms with Crippen LogP contribution in [-0.2, 0) is 4.79 Å². The predicted molar refractivity (Wildman–Crippen MR) is 99.7 cm³/mol. The Morgan fingerprint density at radius 1 is 0.696 bits per heavy atom. The summed E-state index contributed by atoms with van der Waals surface area (Å²) in [4.78, 5) is 14.5. The summed E-state index contributed by atoms with van der Waals surface area (Å²) in [5, 5.41) is 8.77. The Bertz CT molecular complexity index is 256. The number of hydrogen-bond donors (Lipinski definition) is 1. The third-order valence-corrected chi connectivity index (χ3v) is 4.46. The lowest BCUT2D eigenvalue weighted by Crippen LogP contribution is -2.32.